The van der Waals surface area contributed by atoms with Crippen molar-refractivity contribution < 1.29 is 13.5 Å². The molecule has 1 unspecified atom stereocenters. The highest BCUT2D eigenvalue weighted by Crippen LogP contribution is 2.21. The first-order chi connectivity index (χ1) is 7.10. The number of hydrogen-bond donors (Lipinski definition) is 1. The molecule has 0 saturated heterocycles. The number of rotatable bonds is 4. The van der Waals surface area contributed by atoms with Gasteiger partial charge in [-0.2, -0.15) is 0 Å². The Morgan fingerprint density at radius 1 is 1.33 bits per heavy atom. The van der Waals surface area contributed by atoms with Gasteiger partial charge in [-0.25, -0.2) is 8.78 Å². The van der Waals surface area contributed by atoms with Gasteiger partial charge in [-0.15, -0.1) is 0 Å². The van der Waals surface area contributed by atoms with Gasteiger partial charge in [-0.05, 0) is 30.2 Å². The van der Waals surface area contributed by atoms with E-state index < -0.39 is 11.6 Å². The van der Waals surface area contributed by atoms with Crippen LogP contribution >= 0.6 is 0 Å². The topological polar surface area (TPSA) is 35.2 Å². The molecule has 1 rings (SSSR count). The molecule has 0 fully saturated rings. The molecule has 0 spiro atoms. The number of halogens is 2. The summed E-state index contributed by atoms with van der Waals surface area (Å²) in [5.41, 5.74) is 5.97. The second kappa shape index (κ2) is 5.19. The summed E-state index contributed by atoms with van der Waals surface area (Å²) in [4.78, 5) is 0. The molecule has 0 aliphatic heterocycles. The van der Waals surface area contributed by atoms with E-state index in [0.29, 0.717) is 12.1 Å². The molecule has 1 atom stereocenters. The van der Waals surface area contributed by atoms with Crippen molar-refractivity contribution in [3.05, 3.63) is 34.9 Å². The van der Waals surface area contributed by atoms with Crippen LogP contribution in [-0.2, 0) is 11.3 Å². The number of hydrogen-bond acceptors (Lipinski definition) is 2. The molecule has 4 heteroatoms. The minimum absolute atomic E-state index is 0.0366. The van der Waals surface area contributed by atoms with Crippen LogP contribution in [0.4, 0.5) is 8.78 Å². The van der Waals surface area contributed by atoms with Gasteiger partial charge < -0.3 is 10.5 Å². The first-order valence-electron chi connectivity index (χ1n) is 4.77. The fourth-order valence-corrected chi connectivity index (χ4v) is 1.33. The Balaban J connectivity index is 3.07. The number of ether oxygens (including phenoxy) is 1. The van der Waals surface area contributed by atoms with E-state index in [-0.39, 0.29) is 18.1 Å². The highest BCUT2D eigenvalue weighted by Gasteiger charge is 2.13. The molecule has 84 valence electrons. The number of methoxy groups -OCH3 is 1. The molecule has 1 aromatic rings. The molecule has 2 nitrogen and oxygen atoms in total. The summed E-state index contributed by atoms with van der Waals surface area (Å²) in [6.07, 6.45) is 0. The predicted molar refractivity (Wildman–Crippen MR) is 54.5 cm³/mol. The van der Waals surface area contributed by atoms with E-state index in [2.05, 4.69) is 0 Å². The molecule has 0 amide bonds. The van der Waals surface area contributed by atoms with Gasteiger partial charge in [0.15, 0.2) is 0 Å². The smallest absolute Gasteiger partial charge is 0.131 e. The molecular formula is C11H15F2NO. The summed E-state index contributed by atoms with van der Waals surface area (Å²) < 4.78 is 31.6. The van der Waals surface area contributed by atoms with E-state index in [4.69, 9.17) is 10.5 Å². The lowest BCUT2D eigenvalue weighted by atomic mass is 9.99. The zero-order valence-electron chi connectivity index (χ0n) is 8.89. The van der Waals surface area contributed by atoms with Crippen LogP contribution in [0.3, 0.4) is 0 Å². The molecule has 15 heavy (non-hydrogen) atoms. The van der Waals surface area contributed by atoms with Crippen molar-refractivity contribution in [3.8, 4) is 0 Å². The average Bonchev–Trinajstić information content (AvgIpc) is 2.22. The Bertz CT molecular complexity index is 318. The van der Waals surface area contributed by atoms with Crippen molar-refractivity contribution in [2.24, 2.45) is 5.73 Å². The van der Waals surface area contributed by atoms with Gasteiger partial charge in [-0.1, -0.05) is 6.92 Å². The molecular weight excluding hydrogens is 200 g/mol. The van der Waals surface area contributed by atoms with E-state index in [1.165, 1.54) is 19.2 Å². The largest absolute Gasteiger partial charge is 0.380 e. The Kier molecular flexibility index (Phi) is 4.17. The van der Waals surface area contributed by atoms with Crippen molar-refractivity contribution in [3.63, 3.8) is 0 Å². The van der Waals surface area contributed by atoms with Gasteiger partial charge >= 0.3 is 0 Å². The summed E-state index contributed by atoms with van der Waals surface area (Å²) in [7, 11) is 1.40. The van der Waals surface area contributed by atoms with Crippen LogP contribution in [0.2, 0.25) is 0 Å². The fraction of sp³-hybridized carbons (Fsp3) is 0.455. The molecule has 0 aliphatic rings. The zero-order chi connectivity index (χ0) is 11.4. The minimum Gasteiger partial charge on any atom is -0.380 e. The second-order valence-electron chi connectivity index (χ2n) is 3.53. The van der Waals surface area contributed by atoms with Crippen LogP contribution in [0.15, 0.2) is 12.1 Å². The van der Waals surface area contributed by atoms with Crippen molar-refractivity contribution in [2.75, 3.05) is 13.7 Å². The number of nitrogens with two attached hydrogens (primary N) is 1. The first kappa shape index (κ1) is 12.1. The van der Waals surface area contributed by atoms with Crippen molar-refractivity contribution in [2.45, 2.75) is 19.4 Å². The summed E-state index contributed by atoms with van der Waals surface area (Å²) in [5, 5.41) is 0. The molecule has 0 bridgehead atoms. The fourth-order valence-electron chi connectivity index (χ4n) is 1.33. The van der Waals surface area contributed by atoms with Gasteiger partial charge in [0, 0.05) is 12.7 Å². The second-order valence-corrected chi connectivity index (χ2v) is 3.53. The third-order valence-corrected chi connectivity index (χ3v) is 2.37. The molecule has 0 aromatic heterocycles. The first-order valence-corrected chi connectivity index (χ1v) is 4.77. The summed E-state index contributed by atoms with van der Waals surface area (Å²) in [6, 6.07) is 2.63. The Morgan fingerprint density at radius 3 is 2.27 bits per heavy atom. The lowest BCUT2D eigenvalue weighted by Crippen LogP contribution is -2.10. The Morgan fingerprint density at radius 2 is 1.87 bits per heavy atom. The van der Waals surface area contributed by atoms with E-state index >= 15 is 0 Å². The predicted octanol–water partition coefficient (Wildman–Crippen LogP) is 2.17. The highest BCUT2D eigenvalue weighted by molar-refractivity contribution is 5.28. The van der Waals surface area contributed by atoms with Gasteiger partial charge in [-0.3, -0.25) is 0 Å². The van der Waals surface area contributed by atoms with Crippen LogP contribution in [0.25, 0.3) is 0 Å². The maximum Gasteiger partial charge on any atom is 0.131 e. The monoisotopic (exact) mass is 215 g/mol. The third kappa shape index (κ3) is 2.73. The quantitative estimate of drug-likeness (QED) is 0.835. The van der Waals surface area contributed by atoms with Crippen LogP contribution in [-0.4, -0.2) is 13.7 Å². The van der Waals surface area contributed by atoms with Crippen LogP contribution in [0.5, 0.6) is 0 Å². The summed E-state index contributed by atoms with van der Waals surface area (Å²) in [5.74, 6) is -1.20. The maximum absolute atomic E-state index is 13.4. The lowest BCUT2D eigenvalue weighted by Gasteiger charge is -2.11. The lowest BCUT2D eigenvalue weighted by molar-refractivity contribution is 0.177. The third-order valence-electron chi connectivity index (χ3n) is 2.37. The van der Waals surface area contributed by atoms with Gasteiger partial charge in [0.1, 0.15) is 11.6 Å². The molecule has 1 aromatic carbocycles. The zero-order valence-corrected chi connectivity index (χ0v) is 8.89. The van der Waals surface area contributed by atoms with E-state index in [0.717, 1.165) is 0 Å². The maximum atomic E-state index is 13.4. The van der Waals surface area contributed by atoms with Crippen LogP contribution < -0.4 is 5.73 Å². The van der Waals surface area contributed by atoms with Crippen molar-refractivity contribution >= 4 is 0 Å². The van der Waals surface area contributed by atoms with Crippen molar-refractivity contribution in [1.29, 1.82) is 0 Å². The standard InChI is InChI=1S/C11H15F2NO/c1-7(5-14)8-3-10(12)9(6-15-2)11(13)4-8/h3-4,7H,5-6,14H2,1-2H3. The van der Waals surface area contributed by atoms with Gasteiger partial charge in [0.25, 0.3) is 0 Å². The SMILES string of the molecule is COCc1c(F)cc(C(C)CN)cc1F. The highest BCUT2D eigenvalue weighted by atomic mass is 19.1. The molecule has 0 aliphatic carbocycles. The Hall–Kier alpha value is -1.00. The normalized spacial score (nSPS) is 12.9. The van der Waals surface area contributed by atoms with E-state index in [1.54, 1.807) is 0 Å². The minimum atomic E-state index is -0.577. The van der Waals surface area contributed by atoms with Crippen molar-refractivity contribution in [1.82, 2.24) is 0 Å². The average molecular weight is 215 g/mol. The van der Waals surface area contributed by atoms with Gasteiger partial charge in [0.2, 0.25) is 0 Å². The van der Waals surface area contributed by atoms with E-state index in [9.17, 15) is 8.78 Å². The molecule has 0 saturated carbocycles. The summed E-state index contributed by atoms with van der Waals surface area (Å²) in [6.45, 7) is 2.13. The molecule has 2 N–H and O–H groups in total. The van der Waals surface area contributed by atoms with Crippen LogP contribution in [0, 0.1) is 11.6 Å². The van der Waals surface area contributed by atoms with Gasteiger partial charge in [0.05, 0.1) is 6.61 Å². The van der Waals surface area contributed by atoms with E-state index in [1.807, 2.05) is 6.92 Å². The number of benzene rings is 1. The van der Waals surface area contributed by atoms with Crippen LogP contribution in [0.1, 0.15) is 24.0 Å². The molecule has 0 heterocycles. The Labute approximate surface area is 88.0 Å². The summed E-state index contributed by atoms with van der Waals surface area (Å²) >= 11 is 0. The molecule has 0 radical (unpaired) electrons.